The lowest BCUT2D eigenvalue weighted by Crippen LogP contribution is -1.92. The minimum atomic E-state index is 0.650. The van der Waals surface area contributed by atoms with E-state index in [-0.39, 0.29) is 0 Å². The lowest BCUT2D eigenvalue weighted by molar-refractivity contribution is 1.31. The van der Waals surface area contributed by atoms with Crippen LogP contribution in [0.1, 0.15) is 5.56 Å². The third-order valence-electron chi connectivity index (χ3n) is 3.09. The highest BCUT2D eigenvalue weighted by Gasteiger charge is 2.10. The van der Waals surface area contributed by atoms with Crippen molar-refractivity contribution in [3.05, 3.63) is 47.0 Å². The first-order valence-electron chi connectivity index (χ1n) is 5.66. The molecule has 1 heterocycles. The van der Waals surface area contributed by atoms with E-state index in [9.17, 15) is 0 Å². The Morgan fingerprint density at radius 1 is 1.17 bits per heavy atom. The van der Waals surface area contributed by atoms with E-state index < -0.39 is 0 Å². The molecule has 0 fully saturated rings. The molecule has 0 bridgehead atoms. The Bertz CT molecular complexity index is 731. The molecule has 3 aromatic rings. The molecular formula is C14H12ClN3. The summed E-state index contributed by atoms with van der Waals surface area (Å²) in [4.78, 5) is 7.81. The van der Waals surface area contributed by atoms with Crippen LogP contribution in [0.25, 0.3) is 22.4 Å². The number of aromatic nitrogens is 2. The SMILES string of the molecule is Cc1c(N)cccc1-c1nc2c(Cl)cccc2[nH]1. The first kappa shape index (κ1) is 11.1. The van der Waals surface area contributed by atoms with Gasteiger partial charge in [0.25, 0.3) is 0 Å². The molecule has 2 aromatic carbocycles. The maximum absolute atomic E-state index is 6.12. The molecule has 0 saturated heterocycles. The van der Waals surface area contributed by atoms with Gasteiger partial charge in [0, 0.05) is 11.3 Å². The van der Waals surface area contributed by atoms with Crippen molar-refractivity contribution in [1.82, 2.24) is 9.97 Å². The maximum atomic E-state index is 6.12. The number of anilines is 1. The third kappa shape index (κ3) is 1.64. The largest absolute Gasteiger partial charge is 0.398 e. The molecule has 3 rings (SSSR count). The van der Waals surface area contributed by atoms with Gasteiger partial charge in [-0.3, -0.25) is 0 Å². The summed E-state index contributed by atoms with van der Waals surface area (Å²) in [6.45, 7) is 1.99. The zero-order valence-corrected chi connectivity index (χ0v) is 10.6. The third-order valence-corrected chi connectivity index (χ3v) is 3.40. The van der Waals surface area contributed by atoms with Crippen LogP contribution in [0.3, 0.4) is 0 Å². The molecular weight excluding hydrogens is 246 g/mol. The van der Waals surface area contributed by atoms with Crippen LogP contribution < -0.4 is 5.73 Å². The summed E-state index contributed by atoms with van der Waals surface area (Å²) in [5.74, 6) is 0.794. The quantitative estimate of drug-likeness (QED) is 0.652. The molecule has 0 aliphatic rings. The number of aromatic amines is 1. The van der Waals surface area contributed by atoms with Gasteiger partial charge in [0.2, 0.25) is 0 Å². The highest BCUT2D eigenvalue weighted by molar-refractivity contribution is 6.35. The Morgan fingerprint density at radius 2 is 1.94 bits per heavy atom. The summed E-state index contributed by atoms with van der Waals surface area (Å²) in [5, 5.41) is 0.650. The van der Waals surface area contributed by atoms with Gasteiger partial charge < -0.3 is 10.7 Å². The number of benzene rings is 2. The van der Waals surface area contributed by atoms with Gasteiger partial charge in [0.05, 0.1) is 10.5 Å². The predicted octanol–water partition coefficient (Wildman–Crippen LogP) is 3.77. The fourth-order valence-corrected chi connectivity index (χ4v) is 2.25. The van der Waals surface area contributed by atoms with E-state index in [4.69, 9.17) is 17.3 Å². The van der Waals surface area contributed by atoms with Crippen molar-refractivity contribution >= 4 is 28.3 Å². The Hall–Kier alpha value is -2.00. The molecule has 3 nitrogen and oxygen atoms in total. The van der Waals surface area contributed by atoms with Crippen molar-refractivity contribution in [2.45, 2.75) is 6.92 Å². The number of rotatable bonds is 1. The molecule has 0 radical (unpaired) electrons. The molecule has 3 N–H and O–H groups in total. The van der Waals surface area contributed by atoms with Crippen LogP contribution in [0.15, 0.2) is 36.4 Å². The number of hydrogen-bond acceptors (Lipinski definition) is 2. The average molecular weight is 258 g/mol. The highest BCUT2D eigenvalue weighted by Crippen LogP contribution is 2.29. The average Bonchev–Trinajstić information content (AvgIpc) is 2.78. The topological polar surface area (TPSA) is 54.7 Å². The number of para-hydroxylation sites is 1. The van der Waals surface area contributed by atoms with Crippen LogP contribution >= 0.6 is 11.6 Å². The molecule has 0 atom stereocenters. The van der Waals surface area contributed by atoms with Crippen molar-refractivity contribution in [3.63, 3.8) is 0 Å². The van der Waals surface area contributed by atoms with Crippen LogP contribution in [0.2, 0.25) is 5.02 Å². The summed E-state index contributed by atoms with van der Waals surface area (Å²) in [6.07, 6.45) is 0. The van der Waals surface area contributed by atoms with Crippen molar-refractivity contribution in [2.75, 3.05) is 5.73 Å². The van der Waals surface area contributed by atoms with E-state index in [0.717, 1.165) is 33.7 Å². The number of H-pyrrole nitrogens is 1. The summed E-state index contributed by atoms with van der Waals surface area (Å²) in [6, 6.07) is 11.5. The summed E-state index contributed by atoms with van der Waals surface area (Å²) in [5.41, 5.74) is 10.4. The van der Waals surface area contributed by atoms with Crippen LogP contribution in [0.5, 0.6) is 0 Å². The number of halogens is 1. The molecule has 0 aliphatic carbocycles. The van der Waals surface area contributed by atoms with Gasteiger partial charge in [-0.15, -0.1) is 0 Å². The predicted molar refractivity (Wildman–Crippen MR) is 75.7 cm³/mol. The minimum absolute atomic E-state index is 0.650. The monoisotopic (exact) mass is 257 g/mol. The Kier molecular flexibility index (Phi) is 2.49. The van der Waals surface area contributed by atoms with Crippen LogP contribution in [-0.4, -0.2) is 9.97 Å². The standard InChI is InChI=1S/C14H12ClN3/c1-8-9(4-2-6-11(8)16)14-17-12-7-3-5-10(15)13(12)18-14/h2-7H,16H2,1H3,(H,17,18). The van der Waals surface area contributed by atoms with Gasteiger partial charge in [-0.1, -0.05) is 29.8 Å². The van der Waals surface area contributed by atoms with E-state index >= 15 is 0 Å². The van der Waals surface area contributed by atoms with Crippen LogP contribution in [-0.2, 0) is 0 Å². The van der Waals surface area contributed by atoms with Gasteiger partial charge in [0.15, 0.2) is 0 Å². The molecule has 4 heteroatoms. The van der Waals surface area contributed by atoms with Crippen molar-refractivity contribution in [2.24, 2.45) is 0 Å². The number of hydrogen-bond donors (Lipinski definition) is 2. The normalized spacial score (nSPS) is 11.0. The summed E-state index contributed by atoms with van der Waals surface area (Å²) >= 11 is 6.12. The molecule has 0 aliphatic heterocycles. The van der Waals surface area contributed by atoms with E-state index in [1.54, 1.807) is 0 Å². The van der Waals surface area contributed by atoms with E-state index in [1.165, 1.54) is 0 Å². The van der Waals surface area contributed by atoms with Crippen molar-refractivity contribution < 1.29 is 0 Å². The van der Waals surface area contributed by atoms with Gasteiger partial charge >= 0.3 is 0 Å². The van der Waals surface area contributed by atoms with E-state index in [2.05, 4.69) is 9.97 Å². The zero-order valence-electron chi connectivity index (χ0n) is 9.87. The van der Waals surface area contributed by atoms with E-state index in [0.29, 0.717) is 5.02 Å². The van der Waals surface area contributed by atoms with Gasteiger partial charge in [-0.2, -0.15) is 0 Å². The number of fused-ring (bicyclic) bond motifs is 1. The zero-order chi connectivity index (χ0) is 12.7. The Balaban J connectivity index is 2.26. The summed E-state index contributed by atoms with van der Waals surface area (Å²) in [7, 11) is 0. The van der Waals surface area contributed by atoms with Gasteiger partial charge in [0.1, 0.15) is 11.3 Å². The Morgan fingerprint density at radius 3 is 2.72 bits per heavy atom. The lowest BCUT2D eigenvalue weighted by Gasteiger charge is -2.04. The van der Waals surface area contributed by atoms with Crippen molar-refractivity contribution in [1.29, 1.82) is 0 Å². The second-order valence-electron chi connectivity index (χ2n) is 4.24. The minimum Gasteiger partial charge on any atom is -0.398 e. The molecule has 0 spiro atoms. The summed E-state index contributed by atoms with van der Waals surface area (Å²) < 4.78 is 0. The fraction of sp³-hybridized carbons (Fsp3) is 0.0714. The fourth-order valence-electron chi connectivity index (χ4n) is 2.03. The van der Waals surface area contributed by atoms with Crippen molar-refractivity contribution in [3.8, 4) is 11.4 Å². The molecule has 0 amide bonds. The van der Waals surface area contributed by atoms with E-state index in [1.807, 2.05) is 43.3 Å². The first-order chi connectivity index (χ1) is 8.66. The number of nitrogens with zero attached hydrogens (tertiary/aromatic N) is 1. The number of nitrogen functional groups attached to an aromatic ring is 1. The van der Waals surface area contributed by atoms with Gasteiger partial charge in [-0.25, -0.2) is 4.98 Å². The Labute approximate surface area is 110 Å². The molecule has 18 heavy (non-hydrogen) atoms. The number of nitrogens with one attached hydrogen (secondary N) is 1. The molecule has 1 aromatic heterocycles. The molecule has 90 valence electrons. The number of nitrogens with two attached hydrogens (primary N) is 1. The number of imidazole rings is 1. The second-order valence-corrected chi connectivity index (χ2v) is 4.65. The smallest absolute Gasteiger partial charge is 0.138 e. The molecule has 0 saturated carbocycles. The van der Waals surface area contributed by atoms with Crippen LogP contribution in [0.4, 0.5) is 5.69 Å². The first-order valence-corrected chi connectivity index (χ1v) is 6.04. The highest BCUT2D eigenvalue weighted by atomic mass is 35.5. The maximum Gasteiger partial charge on any atom is 0.138 e. The second kappa shape index (κ2) is 4.03. The van der Waals surface area contributed by atoms with Gasteiger partial charge in [-0.05, 0) is 30.7 Å². The molecule has 0 unspecified atom stereocenters. The van der Waals surface area contributed by atoms with Crippen LogP contribution in [0, 0.1) is 6.92 Å². The lowest BCUT2D eigenvalue weighted by atomic mass is 10.1.